The van der Waals surface area contributed by atoms with Crippen LogP contribution in [-0.4, -0.2) is 72.8 Å². The van der Waals surface area contributed by atoms with Crippen LogP contribution in [0.15, 0.2) is 53.7 Å². The summed E-state index contributed by atoms with van der Waals surface area (Å²) < 4.78 is 28.5. The topological polar surface area (TPSA) is 95.5 Å². The molecule has 1 aromatic carbocycles. The average Bonchev–Trinajstić information content (AvgIpc) is 2.95. The molecule has 39 heavy (non-hydrogen) atoms. The number of likely N-dealkylation sites (tertiary alicyclic amines) is 1. The van der Waals surface area contributed by atoms with Crippen LogP contribution in [0.1, 0.15) is 56.3 Å². The number of nitrogens with one attached hydrogen (secondary N) is 1. The summed E-state index contributed by atoms with van der Waals surface area (Å²) in [6.07, 6.45) is 8.50. The average molecular weight is 550 g/mol. The monoisotopic (exact) mass is 549 g/mol. The fourth-order valence-corrected chi connectivity index (χ4v) is 7.18. The number of amides is 1. The number of benzene rings is 1. The highest BCUT2D eigenvalue weighted by Gasteiger charge is 2.29. The molecule has 8 nitrogen and oxygen atoms in total. The van der Waals surface area contributed by atoms with E-state index in [0.29, 0.717) is 47.7 Å². The molecule has 0 bridgehead atoms. The van der Waals surface area contributed by atoms with Gasteiger partial charge < -0.3 is 10.2 Å². The van der Waals surface area contributed by atoms with Gasteiger partial charge in [0.1, 0.15) is 0 Å². The fraction of sp³-hybridized carbons (Fsp3) is 0.500. The Morgan fingerprint density at radius 1 is 1.05 bits per heavy atom. The normalized spacial score (nSPS) is 19.8. The molecule has 2 aliphatic heterocycles. The molecule has 0 radical (unpaired) electrons. The van der Waals surface area contributed by atoms with E-state index in [1.165, 1.54) is 12.8 Å². The first-order valence-electron chi connectivity index (χ1n) is 14.2. The Labute approximate surface area is 231 Å². The van der Waals surface area contributed by atoms with Gasteiger partial charge in [-0.2, -0.15) is 4.31 Å². The van der Waals surface area contributed by atoms with Gasteiger partial charge in [-0.15, -0.1) is 0 Å². The molecule has 0 spiro atoms. The van der Waals surface area contributed by atoms with Crippen molar-refractivity contribution in [2.24, 2.45) is 11.8 Å². The van der Waals surface area contributed by atoms with Gasteiger partial charge in [-0.1, -0.05) is 13.8 Å². The van der Waals surface area contributed by atoms with Crippen molar-refractivity contribution in [3.05, 3.63) is 54.4 Å². The molecule has 5 rings (SSSR count). The van der Waals surface area contributed by atoms with Crippen molar-refractivity contribution in [1.82, 2.24) is 24.5 Å². The first kappa shape index (κ1) is 27.7. The lowest BCUT2D eigenvalue weighted by atomic mass is 10.0. The van der Waals surface area contributed by atoms with Crippen LogP contribution >= 0.6 is 0 Å². The third-order valence-corrected chi connectivity index (χ3v) is 9.93. The zero-order valence-electron chi connectivity index (χ0n) is 23.0. The zero-order chi connectivity index (χ0) is 27.4. The predicted molar refractivity (Wildman–Crippen MR) is 154 cm³/mol. The van der Waals surface area contributed by atoms with Crippen LogP contribution in [-0.2, 0) is 10.0 Å². The number of carbonyl (C=O) groups excluding carboxylic acids is 1. The number of fused-ring (bicyclic) bond motifs is 1. The summed E-state index contributed by atoms with van der Waals surface area (Å²) in [5, 5.41) is 3.62. The molecule has 1 atom stereocenters. The van der Waals surface area contributed by atoms with E-state index in [0.717, 1.165) is 50.4 Å². The second kappa shape index (κ2) is 12.1. The van der Waals surface area contributed by atoms with Gasteiger partial charge >= 0.3 is 0 Å². The van der Waals surface area contributed by atoms with Crippen LogP contribution in [0.2, 0.25) is 0 Å². The highest BCUT2D eigenvalue weighted by molar-refractivity contribution is 7.89. The maximum Gasteiger partial charge on any atom is 0.252 e. The predicted octanol–water partition coefficient (Wildman–Crippen LogP) is 4.57. The number of carbonyl (C=O) groups is 1. The number of piperidine rings is 2. The van der Waals surface area contributed by atoms with Crippen LogP contribution in [0.3, 0.4) is 0 Å². The lowest BCUT2D eigenvalue weighted by Crippen LogP contribution is -2.37. The molecule has 3 aromatic rings. The van der Waals surface area contributed by atoms with Gasteiger partial charge in [0, 0.05) is 49.5 Å². The number of hydrogen-bond acceptors (Lipinski definition) is 6. The molecule has 0 saturated carbocycles. The highest BCUT2D eigenvalue weighted by atomic mass is 32.2. The van der Waals surface area contributed by atoms with Gasteiger partial charge in [0.05, 0.1) is 21.7 Å². The van der Waals surface area contributed by atoms with Crippen molar-refractivity contribution in [3.8, 4) is 11.3 Å². The number of aromatic nitrogens is 2. The minimum atomic E-state index is -3.66. The van der Waals surface area contributed by atoms with Crippen LogP contribution in [0, 0.1) is 11.8 Å². The van der Waals surface area contributed by atoms with E-state index in [2.05, 4.69) is 29.0 Å². The van der Waals surface area contributed by atoms with E-state index in [4.69, 9.17) is 4.98 Å². The molecule has 2 saturated heterocycles. The van der Waals surface area contributed by atoms with Crippen LogP contribution in [0.5, 0.6) is 0 Å². The lowest BCUT2D eigenvalue weighted by molar-refractivity contribution is 0.0951. The van der Waals surface area contributed by atoms with E-state index in [-0.39, 0.29) is 10.8 Å². The largest absolute Gasteiger partial charge is 0.352 e. The molecule has 208 valence electrons. The van der Waals surface area contributed by atoms with Crippen molar-refractivity contribution >= 4 is 26.8 Å². The standard InChI is InChI=1S/C30H39N5O3S/c1-22-10-16-35(17-11-22)39(37,38)25-8-9-28-26(18-25)27(19-29(33-28)24-7-3-12-31-20-24)30(36)32-13-5-15-34-14-4-6-23(2)21-34/h3,7-9,12,18-20,22-23H,4-6,10-11,13-17,21H2,1-2H3,(H,32,36)/t23-/m0/s1. The number of hydrogen-bond donors (Lipinski definition) is 1. The van der Waals surface area contributed by atoms with E-state index in [1.54, 1.807) is 41.0 Å². The molecule has 9 heteroatoms. The summed E-state index contributed by atoms with van der Waals surface area (Å²) in [5.74, 6) is 1.03. The summed E-state index contributed by atoms with van der Waals surface area (Å²) in [6.45, 7) is 9.23. The van der Waals surface area contributed by atoms with Gasteiger partial charge in [0.15, 0.2) is 0 Å². The van der Waals surface area contributed by atoms with E-state index in [9.17, 15) is 13.2 Å². The van der Waals surface area contributed by atoms with Crippen molar-refractivity contribution in [2.45, 2.75) is 50.8 Å². The molecule has 2 fully saturated rings. The Bertz CT molecular complexity index is 1400. The first-order chi connectivity index (χ1) is 18.8. The van der Waals surface area contributed by atoms with Crippen LogP contribution < -0.4 is 5.32 Å². The van der Waals surface area contributed by atoms with Gasteiger partial charge in [-0.05, 0) is 93.4 Å². The Morgan fingerprint density at radius 3 is 2.62 bits per heavy atom. The van der Waals surface area contributed by atoms with Crippen LogP contribution in [0.4, 0.5) is 0 Å². The summed E-state index contributed by atoms with van der Waals surface area (Å²) >= 11 is 0. The van der Waals surface area contributed by atoms with E-state index in [1.807, 2.05) is 12.1 Å². The highest BCUT2D eigenvalue weighted by Crippen LogP contribution is 2.29. The van der Waals surface area contributed by atoms with Crippen molar-refractivity contribution in [3.63, 3.8) is 0 Å². The summed E-state index contributed by atoms with van der Waals surface area (Å²) in [6, 6.07) is 10.4. The van der Waals surface area contributed by atoms with E-state index >= 15 is 0 Å². The molecule has 0 unspecified atom stereocenters. The van der Waals surface area contributed by atoms with Crippen molar-refractivity contribution in [1.29, 1.82) is 0 Å². The molecule has 2 aromatic heterocycles. The van der Waals surface area contributed by atoms with Crippen molar-refractivity contribution < 1.29 is 13.2 Å². The lowest BCUT2D eigenvalue weighted by Gasteiger charge is -2.30. The third-order valence-electron chi connectivity index (χ3n) is 8.04. The number of pyridine rings is 2. The molecule has 4 heterocycles. The minimum absolute atomic E-state index is 0.203. The zero-order valence-corrected chi connectivity index (χ0v) is 23.8. The maximum absolute atomic E-state index is 13.5. The molecule has 0 aliphatic carbocycles. The van der Waals surface area contributed by atoms with Gasteiger partial charge in [0.25, 0.3) is 5.91 Å². The smallest absolute Gasteiger partial charge is 0.252 e. The van der Waals surface area contributed by atoms with Crippen molar-refractivity contribution in [2.75, 3.05) is 39.3 Å². The summed E-state index contributed by atoms with van der Waals surface area (Å²) in [4.78, 5) is 25.2. The molecule has 1 amide bonds. The molecule has 1 N–H and O–H groups in total. The Morgan fingerprint density at radius 2 is 1.87 bits per heavy atom. The van der Waals surface area contributed by atoms with Gasteiger partial charge in [-0.3, -0.25) is 9.78 Å². The van der Waals surface area contributed by atoms with Gasteiger partial charge in [0.2, 0.25) is 10.0 Å². The third kappa shape index (κ3) is 6.48. The Kier molecular flexibility index (Phi) is 8.59. The van der Waals surface area contributed by atoms with E-state index < -0.39 is 10.0 Å². The number of sulfonamides is 1. The quantitative estimate of drug-likeness (QED) is 0.414. The maximum atomic E-state index is 13.5. The molecular formula is C30H39N5O3S. The minimum Gasteiger partial charge on any atom is -0.352 e. The second-order valence-electron chi connectivity index (χ2n) is 11.2. The SMILES string of the molecule is CC1CCN(S(=O)(=O)c2ccc3nc(-c4cccnc4)cc(C(=O)NCCCN4CCC[C@H](C)C4)c3c2)CC1. The second-order valence-corrected chi connectivity index (χ2v) is 13.2. The Hall–Kier alpha value is -2.88. The van der Waals surface area contributed by atoms with Crippen LogP contribution in [0.25, 0.3) is 22.2 Å². The fourth-order valence-electron chi connectivity index (χ4n) is 5.68. The summed E-state index contributed by atoms with van der Waals surface area (Å²) in [7, 11) is -3.66. The first-order valence-corrected chi connectivity index (χ1v) is 15.6. The molecular weight excluding hydrogens is 510 g/mol. The Balaban J connectivity index is 1.41. The number of nitrogens with zero attached hydrogens (tertiary/aromatic N) is 4. The van der Waals surface area contributed by atoms with Gasteiger partial charge in [-0.25, -0.2) is 13.4 Å². The summed E-state index contributed by atoms with van der Waals surface area (Å²) in [5.41, 5.74) is 2.43. The molecule has 2 aliphatic rings. The number of rotatable bonds is 8.